The van der Waals surface area contributed by atoms with Gasteiger partial charge in [-0.3, -0.25) is 4.79 Å². The Morgan fingerprint density at radius 1 is 1.08 bits per heavy atom. The van der Waals surface area contributed by atoms with Crippen molar-refractivity contribution in [1.82, 2.24) is 16.0 Å². The van der Waals surface area contributed by atoms with E-state index in [1.54, 1.807) is 11.3 Å². The molecule has 5 nitrogen and oxygen atoms in total. The van der Waals surface area contributed by atoms with Crippen molar-refractivity contribution >= 4 is 23.3 Å². The predicted molar refractivity (Wildman–Crippen MR) is 102 cm³/mol. The number of carbonyl (C=O) groups is 2. The predicted octanol–water partition coefficient (Wildman–Crippen LogP) is 3.22. The number of nitrogens with one attached hydrogen (secondary N) is 3. The third-order valence-corrected chi connectivity index (χ3v) is 4.65. The minimum atomic E-state index is -0.251. The van der Waals surface area contributed by atoms with Gasteiger partial charge in [-0.1, -0.05) is 49.7 Å². The highest BCUT2D eigenvalue weighted by atomic mass is 32.1. The van der Waals surface area contributed by atoms with Crippen molar-refractivity contribution < 1.29 is 9.59 Å². The summed E-state index contributed by atoms with van der Waals surface area (Å²) in [5.41, 5.74) is 2.20. The van der Waals surface area contributed by atoms with Crippen LogP contribution in [-0.2, 0) is 4.79 Å². The monoisotopic (exact) mass is 359 g/mol. The Morgan fingerprint density at radius 2 is 1.84 bits per heavy atom. The Bertz CT molecular complexity index is 698. The van der Waals surface area contributed by atoms with Gasteiger partial charge in [-0.25, -0.2) is 4.79 Å². The van der Waals surface area contributed by atoms with E-state index >= 15 is 0 Å². The van der Waals surface area contributed by atoms with Crippen LogP contribution in [0.4, 0.5) is 4.79 Å². The lowest BCUT2D eigenvalue weighted by molar-refractivity contribution is -0.123. The molecule has 3 N–H and O–H groups in total. The molecule has 134 valence electrons. The Labute approximate surface area is 152 Å². The summed E-state index contributed by atoms with van der Waals surface area (Å²) < 4.78 is 0. The molecule has 1 aromatic carbocycles. The van der Waals surface area contributed by atoms with Crippen molar-refractivity contribution in [3.05, 3.63) is 57.8 Å². The van der Waals surface area contributed by atoms with Crippen molar-refractivity contribution in [3.8, 4) is 0 Å². The van der Waals surface area contributed by atoms with Crippen molar-refractivity contribution in [3.63, 3.8) is 0 Å². The van der Waals surface area contributed by atoms with Gasteiger partial charge in [0, 0.05) is 23.9 Å². The topological polar surface area (TPSA) is 70.2 Å². The van der Waals surface area contributed by atoms with E-state index in [0.717, 1.165) is 16.0 Å². The van der Waals surface area contributed by atoms with Gasteiger partial charge in [0.2, 0.25) is 5.91 Å². The summed E-state index contributed by atoms with van der Waals surface area (Å²) in [6.07, 6.45) is 0. The number of amides is 3. The van der Waals surface area contributed by atoms with Crippen LogP contribution in [0.3, 0.4) is 0 Å². The number of carbonyl (C=O) groups excluding carboxylic acids is 2. The van der Waals surface area contributed by atoms with Crippen molar-refractivity contribution in [2.24, 2.45) is 5.92 Å². The zero-order valence-electron chi connectivity index (χ0n) is 14.8. The number of hydrogen-bond donors (Lipinski definition) is 3. The molecule has 1 atom stereocenters. The maximum atomic E-state index is 12.3. The smallest absolute Gasteiger partial charge is 0.315 e. The molecule has 0 saturated carbocycles. The molecule has 0 fully saturated rings. The Kier molecular flexibility index (Phi) is 7.01. The van der Waals surface area contributed by atoms with Crippen LogP contribution in [0.15, 0.2) is 41.8 Å². The largest absolute Gasteiger partial charge is 0.354 e. The quantitative estimate of drug-likeness (QED) is 0.664. The molecule has 2 rings (SSSR count). The second-order valence-corrected chi connectivity index (χ2v) is 7.19. The number of rotatable bonds is 7. The lowest BCUT2D eigenvalue weighted by Crippen LogP contribution is -2.42. The normalized spacial score (nSPS) is 11.8. The van der Waals surface area contributed by atoms with Gasteiger partial charge in [0.15, 0.2) is 0 Å². The SMILES string of the molecule is Cc1cccc([C@@H](NC(=O)NCCNC(=O)C(C)C)c2cccs2)c1. The van der Waals surface area contributed by atoms with E-state index in [4.69, 9.17) is 0 Å². The van der Waals surface area contributed by atoms with E-state index in [1.807, 2.05) is 56.5 Å². The van der Waals surface area contributed by atoms with Gasteiger partial charge < -0.3 is 16.0 Å². The van der Waals surface area contributed by atoms with E-state index in [0.29, 0.717) is 13.1 Å². The molecule has 0 aliphatic carbocycles. The first-order chi connectivity index (χ1) is 12.0. The van der Waals surface area contributed by atoms with Gasteiger partial charge in [0.25, 0.3) is 0 Å². The maximum absolute atomic E-state index is 12.3. The molecule has 6 heteroatoms. The molecule has 3 amide bonds. The third kappa shape index (κ3) is 5.90. The van der Waals surface area contributed by atoms with Crippen LogP contribution in [0.25, 0.3) is 0 Å². The summed E-state index contributed by atoms with van der Waals surface area (Å²) in [7, 11) is 0. The molecule has 0 spiro atoms. The Hall–Kier alpha value is -2.34. The second kappa shape index (κ2) is 9.22. The second-order valence-electron chi connectivity index (χ2n) is 6.21. The first kappa shape index (κ1) is 19.0. The highest BCUT2D eigenvalue weighted by Crippen LogP contribution is 2.26. The zero-order chi connectivity index (χ0) is 18.2. The Morgan fingerprint density at radius 3 is 2.48 bits per heavy atom. The average Bonchev–Trinajstić information content (AvgIpc) is 3.10. The van der Waals surface area contributed by atoms with Crippen LogP contribution in [0.1, 0.15) is 35.9 Å². The van der Waals surface area contributed by atoms with E-state index in [1.165, 1.54) is 0 Å². The molecule has 1 heterocycles. The Balaban J connectivity index is 1.93. The summed E-state index contributed by atoms with van der Waals surface area (Å²) in [4.78, 5) is 24.8. The number of urea groups is 1. The highest BCUT2D eigenvalue weighted by Gasteiger charge is 2.17. The molecule has 25 heavy (non-hydrogen) atoms. The summed E-state index contributed by atoms with van der Waals surface area (Å²) >= 11 is 1.61. The van der Waals surface area contributed by atoms with Crippen molar-refractivity contribution in [2.45, 2.75) is 26.8 Å². The van der Waals surface area contributed by atoms with Crippen LogP contribution in [0, 0.1) is 12.8 Å². The first-order valence-electron chi connectivity index (χ1n) is 8.39. The van der Waals surface area contributed by atoms with Crippen molar-refractivity contribution in [1.29, 1.82) is 0 Å². The molecule has 0 radical (unpaired) electrons. The minimum absolute atomic E-state index is 0.0153. The molecule has 0 saturated heterocycles. The molecule has 2 aromatic rings. The lowest BCUT2D eigenvalue weighted by Gasteiger charge is -2.19. The molecule has 0 aliphatic heterocycles. The van der Waals surface area contributed by atoms with E-state index in [-0.39, 0.29) is 23.9 Å². The number of thiophene rings is 1. The first-order valence-corrected chi connectivity index (χ1v) is 9.27. The van der Waals surface area contributed by atoms with E-state index in [9.17, 15) is 9.59 Å². The van der Waals surface area contributed by atoms with Gasteiger partial charge in [0.1, 0.15) is 0 Å². The van der Waals surface area contributed by atoms with Crippen LogP contribution >= 0.6 is 11.3 Å². The third-order valence-electron chi connectivity index (χ3n) is 3.71. The van der Waals surface area contributed by atoms with E-state index in [2.05, 4.69) is 22.0 Å². The molecule has 0 unspecified atom stereocenters. The molecule has 0 bridgehead atoms. The zero-order valence-corrected chi connectivity index (χ0v) is 15.7. The number of hydrogen-bond acceptors (Lipinski definition) is 3. The van der Waals surface area contributed by atoms with Crippen LogP contribution in [0.5, 0.6) is 0 Å². The minimum Gasteiger partial charge on any atom is -0.354 e. The summed E-state index contributed by atoms with van der Waals surface area (Å²) in [5.74, 6) is -0.0724. The van der Waals surface area contributed by atoms with Gasteiger partial charge in [-0.05, 0) is 23.9 Å². The lowest BCUT2D eigenvalue weighted by atomic mass is 10.0. The van der Waals surface area contributed by atoms with Crippen LogP contribution in [-0.4, -0.2) is 25.0 Å². The summed E-state index contributed by atoms with van der Waals surface area (Å²) in [6.45, 7) is 6.51. The highest BCUT2D eigenvalue weighted by molar-refractivity contribution is 7.10. The maximum Gasteiger partial charge on any atom is 0.315 e. The van der Waals surface area contributed by atoms with Crippen LogP contribution in [0.2, 0.25) is 0 Å². The van der Waals surface area contributed by atoms with Gasteiger partial charge in [-0.2, -0.15) is 0 Å². The van der Waals surface area contributed by atoms with Crippen molar-refractivity contribution in [2.75, 3.05) is 13.1 Å². The molecule has 0 aliphatic rings. The van der Waals surface area contributed by atoms with Gasteiger partial charge in [0.05, 0.1) is 6.04 Å². The standard InChI is InChI=1S/C19H25N3O2S/c1-13(2)18(23)20-9-10-21-19(24)22-17(16-8-5-11-25-16)15-7-4-6-14(3)12-15/h4-8,11-13,17H,9-10H2,1-3H3,(H,20,23)(H2,21,22,24)/t17-/m1/s1. The fourth-order valence-corrected chi connectivity index (χ4v) is 3.17. The van der Waals surface area contributed by atoms with Gasteiger partial charge >= 0.3 is 6.03 Å². The van der Waals surface area contributed by atoms with Gasteiger partial charge in [-0.15, -0.1) is 11.3 Å². The molecular formula is C19H25N3O2S. The van der Waals surface area contributed by atoms with E-state index < -0.39 is 0 Å². The molecular weight excluding hydrogens is 334 g/mol. The summed E-state index contributed by atoms with van der Waals surface area (Å²) in [6, 6.07) is 11.7. The fraction of sp³-hybridized carbons (Fsp3) is 0.368. The fourth-order valence-electron chi connectivity index (χ4n) is 2.37. The number of benzene rings is 1. The average molecular weight is 359 g/mol. The van der Waals surface area contributed by atoms with Crippen LogP contribution < -0.4 is 16.0 Å². The molecule has 1 aromatic heterocycles. The summed E-state index contributed by atoms with van der Waals surface area (Å²) in [5, 5.41) is 10.6. The number of aryl methyl sites for hydroxylation is 1.